The molecule has 2 amide bonds. The maximum Gasteiger partial charge on any atom is 0.490 e. The van der Waals surface area contributed by atoms with E-state index in [-0.39, 0.29) is 30.4 Å². The molecule has 4 fully saturated rings. The zero-order valence-electron chi connectivity index (χ0n) is 22.6. The first-order valence-electron chi connectivity index (χ1n) is 13.2. The van der Waals surface area contributed by atoms with E-state index >= 15 is 0 Å². The Balaban J connectivity index is 0.000000470. The van der Waals surface area contributed by atoms with Gasteiger partial charge in [0.2, 0.25) is 11.8 Å². The maximum atomic E-state index is 13.7. The summed E-state index contributed by atoms with van der Waals surface area (Å²) in [6.45, 7) is 2.52. The number of ether oxygens (including phenoxy) is 1. The summed E-state index contributed by atoms with van der Waals surface area (Å²) >= 11 is 0. The van der Waals surface area contributed by atoms with E-state index in [0.29, 0.717) is 12.5 Å². The number of carbonyl (C=O) groups is 4. The number of likely N-dealkylation sites (tertiary alicyclic amines) is 1. The van der Waals surface area contributed by atoms with Gasteiger partial charge in [-0.3, -0.25) is 14.5 Å². The van der Waals surface area contributed by atoms with Crippen LogP contribution in [0, 0.1) is 11.8 Å². The lowest BCUT2D eigenvalue weighted by atomic mass is 9.81. The van der Waals surface area contributed by atoms with Crippen LogP contribution in [0.2, 0.25) is 0 Å². The summed E-state index contributed by atoms with van der Waals surface area (Å²) in [5.74, 6) is -4.41. The van der Waals surface area contributed by atoms with Crippen molar-refractivity contribution in [3.63, 3.8) is 0 Å². The number of carboxylic acid groups (broad SMARTS) is 1. The lowest BCUT2D eigenvalue weighted by molar-refractivity contribution is -0.192. The van der Waals surface area contributed by atoms with Gasteiger partial charge >= 0.3 is 18.1 Å². The number of esters is 1. The summed E-state index contributed by atoms with van der Waals surface area (Å²) in [4.78, 5) is 59.8. The van der Waals surface area contributed by atoms with E-state index in [1.54, 1.807) is 6.92 Å². The van der Waals surface area contributed by atoms with Crippen molar-refractivity contribution in [1.29, 1.82) is 0 Å². The number of carboxylic acids is 1. The van der Waals surface area contributed by atoms with E-state index in [0.717, 1.165) is 31.2 Å². The molecular formula is C27H33F3N4O6. The molecule has 3 saturated heterocycles. The van der Waals surface area contributed by atoms with Crippen molar-refractivity contribution in [2.75, 3.05) is 20.7 Å². The summed E-state index contributed by atoms with van der Waals surface area (Å²) in [6, 6.07) is 9.40. The number of guanidine groups is 1. The fourth-order valence-corrected chi connectivity index (χ4v) is 6.37. The third-order valence-electron chi connectivity index (χ3n) is 8.21. The van der Waals surface area contributed by atoms with Gasteiger partial charge in [-0.05, 0) is 25.3 Å². The summed E-state index contributed by atoms with van der Waals surface area (Å²) in [5, 5.41) is 7.12. The maximum absolute atomic E-state index is 13.7. The van der Waals surface area contributed by atoms with Crippen molar-refractivity contribution in [3.8, 4) is 0 Å². The number of nitrogens with zero attached hydrogens (tertiary/aromatic N) is 4. The molecule has 1 saturated carbocycles. The van der Waals surface area contributed by atoms with Crippen molar-refractivity contribution < 1.29 is 42.2 Å². The molecule has 0 bridgehead atoms. The molecule has 4 aliphatic rings. The fourth-order valence-electron chi connectivity index (χ4n) is 6.37. The SMILES string of the molecule is COC(=O)[C@@]1(C)[C@H]2C(=O)N(Cc3ccccc3)C(=O)[C@H]2[C@H]2CN(C)C(=NC3CCCCC3)N21.O=C(O)C(F)(F)F. The van der Waals surface area contributed by atoms with Gasteiger partial charge in [0.15, 0.2) is 11.5 Å². The molecule has 1 aliphatic carbocycles. The zero-order chi connectivity index (χ0) is 29.4. The van der Waals surface area contributed by atoms with Crippen LogP contribution in [0.4, 0.5) is 13.2 Å². The highest BCUT2D eigenvalue weighted by atomic mass is 19.4. The van der Waals surface area contributed by atoms with Gasteiger partial charge in [0.1, 0.15) is 0 Å². The molecule has 1 aromatic rings. The average Bonchev–Trinajstić information content (AvgIpc) is 3.47. The smallest absolute Gasteiger partial charge is 0.475 e. The molecule has 3 aliphatic heterocycles. The summed E-state index contributed by atoms with van der Waals surface area (Å²) in [5.41, 5.74) is -0.389. The number of imide groups is 1. The average molecular weight is 567 g/mol. The molecular weight excluding hydrogens is 533 g/mol. The molecule has 10 nitrogen and oxygen atoms in total. The number of rotatable bonds is 4. The van der Waals surface area contributed by atoms with E-state index in [9.17, 15) is 27.6 Å². The molecule has 13 heteroatoms. The predicted octanol–water partition coefficient (Wildman–Crippen LogP) is 2.67. The Morgan fingerprint density at radius 2 is 1.70 bits per heavy atom. The number of hydrogen-bond acceptors (Lipinski definition) is 6. The number of alkyl halides is 3. The highest BCUT2D eigenvalue weighted by Crippen LogP contribution is 2.52. The molecule has 0 spiro atoms. The molecule has 5 rings (SSSR count). The van der Waals surface area contributed by atoms with Crippen molar-refractivity contribution >= 4 is 29.7 Å². The number of likely N-dealkylation sites (N-methyl/N-ethyl adjacent to an activating group) is 1. The summed E-state index contributed by atoms with van der Waals surface area (Å²) < 4.78 is 37.0. The second kappa shape index (κ2) is 11.1. The van der Waals surface area contributed by atoms with Crippen LogP contribution in [0.25, 0.3) is 0 Å². The Morgan fingerprint density at radius 3 is 2.25 bits per heavy atom. The van der Waals surface area contributed by atoms with Crippen LogP contribution in [0.5, 0.6) is 0 Å². The van der Waals surface area contributed by atoms with Gasteiger partial charge in [0, 0.05) is 13.6 Å². The first kappa shape index (κ1) is 29.3. The van der Waals surface area contributed by atoms with Crippen LogP contribution >= 0.6 is 0 Å². The fraction of sp³-hybridized carbons (Fsp3) is 0.593. The quantitative estimate of drug-likeness (QED) is 0.437. The lowest BCUT2D eigenvalue weighted by Gasteiger charge is -2.38. The van der Waals surface area contributed by atoms with Gasteiger partial charge in [-0.25, -0.2) is 14.6 Å². The van der Waals surface area contributed by atoms with Crippen molar-refractivity contribution in [2.24, 2.45) is 16.8 Å². The van der Waals surface area contributed by atoms with Crippen LogP contribution < -0.4 is 0 Å². The third kappa shape index (κ3) is 5.13. The van der Waals surface area contributed by atoms with E-state index in [1.165, 1.54) is 18.4 Å². The predicted molar refractivity (Wildman–Crippen MR) is 136 cm³/mol. The van der Waals surface area contributed by atoms with Gasteiger partial charge in [-0.2, -0.15) is 13.2 Å². The normalized spacial score (nSPS) is 29.3. The van der Waals surface area contributed by atoms with Gasteiger partial charge in [-0.1, -0.05) is 49.6 Å². The summed E-state index contributed by atoms with van der Waals surface area (Å²) in [7, 11) is 3.30. The highest BCUT2D eigenvalue weighted by molar-refractivity contribution is 6.11. The van der Waals surface area contributed by atoms with Crippen molar-refractivity contribution in [1.82, 2.24) is 14.7 Å². The number of methoxy groups -OCH3 is 1. The number of carbonyl (C=O) groups excluding carboxylic acids is 3. The van der Waals surface area contributed by atoms with Crippen molar-refractivity contribution in [3.05, 3.63) is 35.9 Å². The van der Waals surface area contributed by atoms with E-state index in [4.69, 9.17) is 19.6 Å². The third-order valence-corrected chi connectivity index (χ3v) is 8.21. The highest BCUT2D eigenvalue weighted by Gasteiger charge is 2.73. The molecule has 0 radical (unpaired) electrons. The molecule has 40 heavy (non-hydrogen) atoms. The second-order valence-corrected chi connectivity index (χ2v) is 10.7. The largest absolute Gasteiger partial charge is 0.490 e. The molecule has 218 valence electrons. The minimum Gasteiger partial charge on any atom is -0.475 e. The minimum absolute atomic E-state index is 0.205. The van der Waals surface area contributed by atoms with E-state index < -0.39 is 35.5 Å². The first-order valence-corrected chi connectivity index (χ1v) is 13.2. The van der Waals surface area contributed by atoms with Crippen LogP contribution in [0.1, 0.15) is 44.6 Å². The van der Waals surface area contributed by atoms with Crippen LogP contribution in [0.3, 0.4) is 0 Å². The Labute approximate surface area is 229 Å². The standard InChI is InChI=1S/C25H32N4O4.C2HF3O2/c1-25(23(32)33-3)20-19(21(30)28(22(20)31)14-16-10-6-4-7-11-16)18-15-27(2)24(29(18)25)26-17-12-8-5-9-13-17;3-2(4,5)1(6)7/h4,6-7,10-11,17-20H,5,8-9,12-15H2,1-3H3;(H,6,7)/t18-,19+,20-,25-;/m1./s1. The molecule has 1 aromatic carbocycles. The topological polar surface area (TPSA) is 120 Å². The molecule has 0 aromatic heterocycles. The summed E-state index contributed by atoms with van der Waals surface area (Å²) in [6.07, 6.45) is 0.508. The molecule has 4 atom stereocenters. The first-order chi connectivity index (χ1) is 18.8. The van der Waals surface area contributed by atoms with E-state index in [2.05, 4.69) is 0 Å². The number of halogens is 3. The Morgan fingerprint density at radius 1 is 1.10 bits per heavy atom. The number of fused-ring (bicyclic) bond motifs is 3. The van der Waals surface area contributed by atoms with Crippen molar-refractivity contribution in [2.45, 2.75) is 69.4 Å². The van der Waals surface area contributed by atoms with Crippen LogP contribution in [-0.4, -0.2) is 94.0 Å². The van der Waals surface area contributed by atoms with Gasteiger partial charge in [0.25, 0.3) is 0 Å². The Bertz CT molecular complexity index is 1190. The second-order valence-electron chi connectivity index (χ2n) is 10.7. The molecule has 0 unspecified atom stereocenters. The van der Waals surface area contributed by atoms with Gasteiger partial charge < -0.3 is 19.6 Å². The number of amides is 2. The molecule has 1 N–H and O–H groups in total. The molecule has 3 heterocycles. The minimum atomic E-state index is -5.08. The lowest BCUT2D eigenvalue weighted by Crippen LogP contribution is -2.58. The van der Waals surface area contributed by atoms with E-state index in [1.807, 2.05) is 47.2 Å². The van der Waals surface area contributed by atoms with Gasteiger partial charge in [-0.15, -0.1) is 0 Å². The number of hydrogen-bond donors (Lipinski definition) is 1. The number of benzene rings is 1. The Kier molecular flexibility index (Phi) is 8.13. The monoisotopic (exact) mass is 566 g/mol. The van der Waals surface area contributed by atoms with Gasteiger partial charge in [0.05, 0.1) is 37.6 Å². The zero-order valence-corrected chi connectivity index (χ0v) is 22.6. The van der Waals surface area contributed by atoms with Crippen LogP contribution in [0.15, 0.2) is 35.3 Å². The number of aliphatic carboxylic acids is 1. The Hall–Kier alpha value is -3.64. The van der Waals surface area contributed by atoms with Crippen LogP contribution in [-0.2, 0) is 30.5 Å². The number of aliphatic imine (C=N–C) groups is 1.